The number of aromatic nitrogens is 4. The van der Waals surface area contributed by atoms with Crippen molar-refractivity contribution in [2.75, 3.05) is 33.4 Å². The van der Waals surface area contributed by atoms with Gasteiger partial charge in [-0.3, -0.25) is 0 Å². The predicted molar refractivity (Wildman–Crippen MR) is 266 cm³/mol. The summed E-state index contributed by atoms with van der Waals surface area (Å²) in [6, 6.07) is 24.5. The summed E-state index contributed by atoms with van der Waals surface area (Å²) in [7, 11) is 0.0644. The third kappa shape index (κ3) is 9.11. The topological polar surface area (TPSA) is 135 Å². The van der Waals surface area contributed by atoms with Gasteiger partial charge in [0.05, 0.1) is 36.8 Å². The number of piperidine rings is 2. The van der Waals surface area contributed by atoms with Gasteiger partial charge in [0.15, 0.2) is 11.7 Å². The van der Waals surface area contributed by atoms with Gasteiger partial charge in [-0.2, -0.15) is 0 Å². The van der Waals surface area contributed by atoms with Gasteiger partial charge in [-0.25, -0.2) is 18.7 Å². The molecule has 2 N–H and O–H groups in total. The number of methoxy groups -OCH3 is 1. The Morgan fingerprint density at radius 3 is 1.75 bits per heavy atom. The Labute approximate surface area is 402 Å². The lowest BCUT2D eigenvalue weighted by atomic mass is 9.94. The zero-order valence-corrected chi connectivity index (χ0v) is 41.0. The van der Waals surface area contributed by atoms with Gasteiger partial charge in [0.1, 0.15) is 30.6 Å². The van der Waals surface area contributed by atoms with E-state index in [1.807, 2.05) is 58.7 Å². The maximum Gasteiger partial charge on any atom is 0.260 e. The molecule has 6 heterocycles. The molecule has 6 aromatic rings. The molecule has 3 unspecified atom stereocenters. The number of hydrogen-bond acceptors (Lipinski definition) is 11. The molecule has 10 rings (SSSR count). The van der Waals surface area contributed by atoms with Crippen LogP contribution in [0.25, 0.3) is 23.5 Å². The third-order valence-corrected chi connectivity index (χ3v) is 16.4. The van der Waals surface area contributed by atoms with Gasteiger partial charge in [-0.15, -0.1) is 0 Å². The normalized spacial score (nSPS) is 22.0. The molecule has 2 fully saturated rings. The summed E-state index contributed by atoms with van der Waals surface area (Å²) in [5.74, 6) is 1.51. The quantitative estimate of drug-likeness (QED) is 0.129. The van der Waals surface area contributed by atoms with Crippen molar-refractivity contribution in [3.63, 3.8) is 0 Å². The molecule has 0 radical (unpaired) electrons. The zero-order valence-electron chi connectivity index (χ0n) is 40.0. The van der Waals surface area contributed by atoms with E-state index in [2.05, 4.69) is 88.2 Å². The van der Waals surface area contributed by atoms with Gasteiger partial charge in [-0.05, 0) is 158 Å². The number of aliphatic hydroxyl groups excluding tert-OH is 2. The number of oxime groups is 2. The van der Waals surface area contributed by atoms with E-state index < -0.39 is 19.5 Å². The fourth-order valence-electron chi connectivity index (χ4n) is 9.59. The third-order valence-electron chi connectivity index (χ3n) is 13.6. The lowest BCUT2D eigenvalue weighted by Crippen LogP contribution is -2.54. The summed E-state index contributed by atoms with van der Waals surface area (Å²) in [5, 5.41) is 29.7. The first-order valence-corrected chi connectivity index (χ1v) is 26.8. The predicted octanol–water partition coefficient (Wildman–Crippen LogP) is 9.61. The Bertz CT molecular complexity index is 2980. The SMILES string of the molecule is COc1cc(/C=C2\CC([Si](C)(C)C)CN3C2=NOC3(CO)c2ccc(F)cc2)ccc1-n1cnc(C)c1.Cc1cn(-c2ccc(/C=C3\CCCN4C3=NOC4(CO)c3ccc(F)cc3)cc2C)cn1. The lowest BCUT2D eigenvalue weighted by molar-refractivity contribution is -0.137. The zero-order chi connectivity index (χ0) is 48.7. The van der Waals surface area contributed by atoms with E-state index in [-0.39, 0.29) is 24.8 Å². The van der Waals surface area contributed by atoms with Crippen molar-refractivity contribution >= 4 is 31.9 Å². The molecule has 4 aromatic carbocycles. The first-order chi connectivity index (χ1) is 33.1. The minimum atomic E-state index is -1.60. The van der Waals surface area contributed by atoms with Crippen LogP contribution in [0.3, 0.4) is 0 Å². The van der Waals surface area contributed by atoms with Crippen LogP contribution in [0.5, 0.6) is 5.75 Å². The van der Waals surface area contributed by atoms with Crippen molar-refractivity contribution in [3.8, 4) is 17.1 Å². The fraction of sp³-hybridized carbons (Fsp3) is 0.321. The monoisotopic (exact) mass is 952 g/mol. The van der Waals surface area contributed by atoms with Crippen molar-refractivity contribution < 1.29 is 33.4 Å². The Morgan fingerprint density at radius 1 is 0.710 bits per heavy atom. The van der Waals surface area contributed by atoms with Crippen LogP contribution >= 0.6 is 0 Å². The van der Waals surface area contributed by atoms with E-state index in [0.717, 1.165) is 81.4 Å². The summed E-state index contributed by atoms with van der Waals surface area (Å²) < 4.78 is 36.8. The van der Waals surface area contributed by atoms with Crippen LogP contribution in [0, 0.1) is 32.4 Å². The van der Waals surface area contributed by atoms with Crippen LogP contribution in [-0.4, -0.2) is 92.3 Å². The van der Waals surface area contributed by atoms with Crippen molar-refractivity contribution in [1.82, 2.24) is 28.9 Å². The molecule has 358 valence electrons. The molecule has 0 spiro atoms. The number of benzene rings is 4. The minimum Gasteiger partial charge on any atom is -0.495 e. The summed E-state index contributed by atoms with van der Waals surface area (Å²) in [5.41, 5.74) is 8.66. The number of aryl methyl sites for hydroxylation is 3. The molecule has 16 heteroatoms. The number of halogens is 2. The van der Waals surface area contributed by atoms with E-state index in [0.29, 0.717) is 35.6 Å². The van der Waals surface area contributed by atoms with Gasteiger partial charge in [0, 0.05) is 50.4 Å². The molecule has 69 heavy (non-hydrogen) atoms. The molecule has 4 aliphatic heterocycles. The maximum absolute atomic E-state index is 13.7. The van der Waals surface area contributed by atoms with Crippen LogP contribution in [-0.2, 0) is 21.1 Å². The molecule has 2 saturated heterocycles. The van der Waals surface area contributed by atoms with Crippen molar-refractivity contribution in [2.45, 2.75) is 76.7 Å². The summed E-state index contributed by atoms with van der Waals surface area (Å²) in [6.45, 7) is 13.9. The Balaban J connectivity index is 0.000000174. The fourth-order valence-corrected chi connectivity index (χ4v) is 11.2. The van der Waals surface area contributed by atoms with Crippen LogP contribution in [0.1, 0.15) is 58.5 Å². The molecule has 2 aromatic heterocycles. The Kier molecular flexibility index (Phi) is 12.9. The van der Waals surface area contributed by atoms with E-state index in [1.165, 1.54) is 24.3 Å². The van der Waals surface area contributed by atoms with E-state index >= 15 is 0 Å². The highest BCUT2D eigenvalue weighted by Gasteiger charge is 2.53. The first-order valence-electron chi connectivity index (χ1n) is 23.2. The van der Waals surface area contributed by atoms with Crippen LogP contribution < -0.4 is 4.74 Å². The number of aliphatic hydroxyl groups is 2. The van der Waals surface area contributed by atoms with E-state index in [4.69, 9.17) is 14.4 Å². The molecule has 3 atom stereocenters. The number of nitrogens with zero attached hydrogens (tertiary/aromatic N) is 8. The summed E-state index contributed by atoms with van der Waals surface area (Å²) in [4.78, 5) is 24.5. The van der Waals surface area contributed by atoms with Crippen molar-refractivity contribution in [3.05, 3.63) is 172 Å². The van der Waals surface area contributed by atoms with E-state index in [9.17, 15) is 19.0 Å². The smallest absolute Gasteiger partial charge is 0.260 e. The average molecular weight is 953 g/mol. The number of ether oxygens (including phenoxy) is 1. The highest BCUT2D eigenvalue weighted by molar-refractivity contribution is 6.77. The van der Waals surface area contributed by atoms with Crippen molar-refractivity contribution in [1.29, 1.82) is 0 Å². The number of rotatable bonds is 10. The molecule has 0 bridgehead atoms. The number of hydrogen-bond donors (Lipinski definition) is 2. The second-order valence-electron chi connectivity index (χ2n) is 19.2. The second kappa shape index (κ2) is 18.9. The standard InChI is InChI=1S/C28H33FN4O3Si.C25H25FN4O2/c1-19-15-32(18-30-19)25-11-6-20(13-26(25)35-2)12-21-14-24(37(3,4)5)16-33-27(21)31-36-28(33,17-34)22-7-9-23(29)10-8-22;1-17-12-19(5-10-23(17)29-14-18(2)27-16-29)13-20-4-3-11-30-24(20)28-32-25(30,15-31)21-6-8-22(26)9-7-21/h6-13,15,18,24,34H,14,16-17H2,1-5H3;5-10,12-14,16,31H,3-4,11,15H2,1-2H3/b21-12+;20-13+. The van der Waals surface area contributed by atoms with Gasteiger partial charge in [-0.1, -0.05) is 42.1 Å². The number of amidine groups is 2. The molecule has 0 saturated carbocycles. The van der Waals surface area contributed by atoms with Crippen LogP contribution in [0.2, 0.25) is 25.2 Å². The van der Waals surface area contributed by atoms with Gasteiger partial charge in [0.2, 0.25) is 0 Å². The largest absolute Gasteiger partial charge is 0.495 e. The summed E-state index contributed by atoms with van der Waals surface area (Å²) in [6.07, 6.45) is 14.5. The highest BCUT2D eigenvalue weighted by Crippen LogP contribution is 2.46. The van der Waals surface area contributed by atoms with Crippen LogP contribution in [0.4, 0.5) is 8.78 Å². The molecule has 4 aliphatic rings. The lowest BCUT2D eigenvalue weighted by Gasteiger charge is -2.44. The molecule has 13 nitrogen and oxygen atoms in total. The van der Waals surface area contributed by atoms with Gasteiger partial charge >= 0.3 is 0 Å². The molecular weight excluding hydrogens is 895 g/mol. The van der Waals surface area contributed by atoms with E-state index in [1.54, 1.807) is 37.7 Å². The number of imidazole rings is 2. The highest BCUT2D eigenvalue weighted by atomic mass is 28.3. The van der Waals surface area contributed by atoms with Crippen LogP contribution in [0.15, 0.2) is 131 Å². The second-order valence-corrected chi connectivity index (χ2v) is 24.8. The number of fused-ring (bicyclic) bond motifs is 2. The van der Waals surface area contributed by atoms with Gasteiger partial charge < -0.3 is 43.6 Å². The average Bonchev–Trinajstić information content (AvgIpc) is 4.16. The van der Waals surface area contributed by atoms with Gasteiger partial charge in [0.25, 0.3) is 11.4 Å². The maximum atomic E-state index is 13.7. The molecular formula is C53H58F2N8O5Si. The minimum absolute atomic E-state index is 0.281. The molecule has 0 amide bonds. The Hall–Kier alpha value is -6.88. The summed E-state index contributed by atoms with van der Waals surface area (Å²) >= 11 is 0. The first kappa shape index (κ1) is 47.2. The Morgan fingerprint density at radius 2 is 1.23 bits per heavy atom. The molecule has 0 aliphatic carbocycles. The van der Waals surface area contributed by atoms with Crippen molar-refractivity contribution in [2.24, 2.45) is 10.3 Å².